The minimum absolute atomic E-state index is 0.0113. The quantitative estimate of drug-likeness (QED) is 0.637. The van der Waals surface area contributed by atoms with Crippen molar-refractivity contribution in [1.82, 2.24) is 9.88 Å². The third kappa shape index (κ3) is 2.93. The fourth-order valence-electron chi connectivity index (χ4n) is 3.13. The lowest BCUT2D eigenvalue weighted by Crippen LogP contribution is -2.49. The normalized spacial score (nSPS) is 22.4. The molecule has 1 fully saturated rings. The summed E-state index contributed by atoms with van der Waals surface area (Å²) in [7, 11) is 0. The highest BCUT2D eigenvalue weighted by Gasteiger charge is 2.40. The second-order valence-electron chi connectivity index (χ2n) is 5.90. The van der Waals surface area contributed by atoms with E-state index in [1.54, 1.807) is 0 Å². The number of β-amino-alcohol motifs (C(OH)–C–C–N with tert-alkyl or cyclic N) is 1. The number of aliphatic hydroxyl groups is 1. The number of carboxylic acid groups (broad SMARTS) is 1. The number of aliphatic hydroxyl groups excluding tert-OH is 1. The number of nitrogens with two attached hydrogens (primary N) is 1. The number of benzene rings is 1. The Labute approximate surface area is 132 Å². The molecule has 0 saturated carbocycles. The summed E-state index contributed by atoms with van der Waals surface area (Å²) in [6.45, 7) is 0.0113. The summed E-state index contributed by atoms with van der Waals surface area (Å²) in [5, 5.41) is 19.8. The molecule has 0 aliphatic carbocycles. The number of nitrogens with zero attached hydrogens (tertiary/aromatic N) is 1. The van der Waals surface area contributed by atoms with Crippen LogP contribution in [-0.2, 0) is 16.0 Å². The molecule has 1 aliphatic rings. The Kier molecular flexibility index (Phi) is 4.06. The Morgan fingerprint density at radius 2 is 2.13 bits per heavy atom. The molecule has 7 heteroatoms. The molecular weight excluding hydrogens is 298 g/mol. The summed E-state index contributed by atoms with van der Waals surface area (Å²) in [5.41, 5.74) is 7.88. The molecule has 1 aliphatic heterocycles. The molecule has 1 amide bonds. The van der Waals surface area contributed by atoms with Gasteiger partial charge in [-0.2, -0.15) is 0 Å². The molecule has 1 aromatic carbocycles. The largest absolute Gasteiger partial charge is 0.480 e. The predicted molar refractivity (Wildman–Crippen MR) is 83.7 cm³/mol. The SMILES string of the molecule is N[C@@H](Cc1c[nH]c2ccccc12)C(=O)N1CC(O)C[C@H]1C(=O)O. The van der Waals surface area contributed by atoms with Gasteiger partial charge in [-0.15, -0.1) is 0 Å². The molecule has 0 radical (unpaired) electrons. The van der Waals surface area contributed by atoms with Gasteiger partial charge < -0.3 is 25.8 Å². The maximum Gasteiger partial charge on any atom is 0.326 e. The zero-order valence-corrected chi connectivity index (χ0v) is 12.5. The van der Waals surface area contributed by atoms with Gasteiger partial charge in [0.05, 0.1) is 12.1 Å². The van der Waals surface area contributed by atoms with Gasteiger partial charge in [0.25, 0.3) is 0 Å². The summed E-state index contributed by atoms with van der Waals surface area (Å²) in [5.74, 6) is -1.56. The highest BCUT2D eigenvalue weighted by molar-refractivity contribution is 5.89. The first-order valence-electron chi connectivity index (χ1n) is 7.49. The average molecular weight is 317 g/mol. The number of carbonyl (C=O) groups excluding carboxylic acids is 1. The molecule has 1 unspecified atom stereocenters. The van der Waals surface area contributed by atoms with Crippen LogP contribution in [0.1, 0.15) is 12.0 Å². The molecule has 0 bridgehead atoms. The average Bonchev–Trinajstić information content (AvgIpc) is 3.11. The third-order valence-electron chi connectivity index (χ3n) is 4.28. The summed E-state index contributed by atoms with van der Waals surface area (Å²) < 4.78 is 0. The minimum Gasteiger partial charge on any atom is -0.480 e. The molecule has 3 atom stereocenters. The summed E-state index contributed by atoms with van der Waals surface area (Å²) in [6, 6.07) is 5.84. The van der Waals surface area contributed by atoms with Crippen LogP contribution in [0, 0.1) is 0 Å². The lowest BCUT2D eigenvalue weighted by molar-refractivity contribution is -0.148. The van der Waals surface area contributed by atoms with Gasteiger partial charge in [0, 0.05) is 30.1 Å². The van der Waals surface area contributed by atoms with Crippen molar-refractivity contribution < 1.29 is 19.8 Å². The standard InChI is InChI=1S/C16H19N3O4/c17-12(5-9-7-18-13-4-2-1-3-11(9)13)15(21)19-8-10(20)6-14(19)16(22)23/h1-4,7,10,12,14,18,20H,5-6,8,17H2,(H,22,23)/t10?,12-,14-/m0/s1. The first-order valence-corrected chi connectivity index (χ1v) is 7.49. The molecule has 122 valence electrons. The van der Waals surface area contributed by atoms with Crippen molar-refractivity contribution >= 4 is 22.8 Å². The van der Waals surface area contributed by atoms with Gasteiger partial charge in [0.15, 0.2) is 0 Å². The smallest absolute Gasteiger partial charge is 0.326 e. The second kappa shape index (κ2) is 6.02. The Balaban J connectivity index is 1.76. The molecule has 5 N–H and O–H groups in total. The van der Waals surface area contributed by atoms with Gasteiger partial charge in [-0.1, -0.05) is 18.2 Å². The van der Waals surface area contributed by atoms with Crippen LogP contribution in [0.4, 0.5) is 0 Å². The number of rotatable bonds is 4. The Morgan fingerprint density at radius 1 is 1.39 bits per heavy atom. The summed E-state index contributed by atoms with van der Waals surface area (Å²) >= 11 is 0. The Morgan fingerprint density at radius 3 is 2.87 bits per heavy atom. The zero-order valence-electron chi connectivity index (χ0n) is 12.5. The lowest BCUT2D eigenvalue weighted by Gasteiger charge is -2.24. The number of aromatic amines is 1. The molecule has 0 spiro atoms. The maximum atomic E-state index is 12.5. The van der Waals surface area contributed by atoms with E-state index in [-0.39, 0.29) is 13.0 Å². The molecule has 7 nitrogen and oxygen atoms in total. The third-order valence-corrected chi connectivity index (χ3v) is 4.28. The second-order valence-corrected chi connectivity index (χ2v) is 5.90. The van der Waals surface area contributed by atoms with Crippen molar-refractivity contribution in [2.75, 3.05) is 6.54 Å². The van der Waals surface area contributed by atoms with E-state index in [4.69, 9.17) is 5.73 Å². The van der Waals surface area contributed by atoms with Crippen molar-refractivity contribution in [2.24, 2.45) is 5.73 Å². The number of fused-ring (bicyclic) bond motifs is 1. The first kappa shape index (κ1) is 15.5. The van der Waals surface area contributed by atoms with Crippen LogP contribution in [0.15, 0.2) is 30.5 Å². The molecule has 2 heterocycles. The lowest BCUT2D eigenvalue weighted by atomic mass is 10.0. The van der Waals surface area contributed by atoms with Gasteiger partial charge in [-0.05, 0) is 18.1 Å². The van der Waals surface area contributed by atoms with E-state index in [1.807, 2.05) is 30.5 Å². The highest BCUT2D eigenvalue weighted by Crippen LogP contribution is 2.22. The van der Waals surface area contributed by atoms with Crippen LogP contribution in [0.25, 0.3) is 10.9 Å². The van der Waals surface area contributed by atoms with Crippen molar-refractivity contribution in [3.63, 3.8) is 0 Å². The number of carbonyl (C=O) groups is 2. The monoisotopic (exact) mass is 317 g/mol. The number of H-pyrrole nitrogens is 1. The molecule has 1 aromatic heterocycles. The molecular formula is C16H19N3O4. The van der Waals surface area contributed by atoms with E-state index in [2.05, 4.69) is 4.98 Å². The first-order chi connectivity index (χ1) is 11.0. The molecule has 1 saturated heterocycles. The highest BCUT2D eigenvalue weighted by atomic mass is 16.4. The molecule has 3 rings (SSSR count). The van der Waals surface area contributed by atoms with Crippen LogP contribution in [0.5, 0.6) is 0 Å². The predicted octanol–water partition coefficient (Wildman–Crippen LogP) is 0.0841. The number of likely N-dealkylation sites (tertiary alicyclic amines) is 1. The van der Waals surface area contributed by atoms with Crippen LogP contribution in [0.3, 0.4) is 0 Å². The van der Waals surface area contributed by atoms with Gasteiger partial charge >= 0.3 is 5.97 Å². The number of aromatic nitrogens is 1. The summed E-state index contributed by atoms with van der Waals surface area (Å²) in [6.07, 6.45) is 1.34. The number of aliphatic carboxylic acids is 1. The number of amides is 1. The number of nitrogens with one attached hydrogen (secondary N) is 1. The van der Waals surface area contributed by atoms with E-state index >= 15 is 0 Å². The Bertz CT molecular complexity index is 742. The van der Waals surface area contributed by atoms with Gasteiger partial charge in [-0.3, -0.25) is 4.79 Å². The minimum atomic E-state index is -1.12. The van der Waals surface area contributed by atoms with Gasteiger partial charge in [-0.25, -0.2) is 4.79 Å². The van der Waals surface area contributed by atoms with Crippen molar-refractivity contribution in [2.45, 2.75) is 31.0 Å². The number of carboxylic acids is 1. The Hall–Kier alpha value is -2.38. The van der Waals surface area contributed by atoms with Crippen molar-refractivity contribution in [3.8, 4) is 0 Å². The van der Waals surface area contributed by atoms with Crippen LogP contribution in [-0.4, -0.2) is 56.7 Å². The fourth-order valence-corrected chi connectivity index (χ4v) is 3.13. The number of hydrogen-bond acceptors (Lipinski definition) is 4. The van der Waals surface area contributed by atoms with E-state index in [1.165, 1.54) is 4.90 Å². The van der Waals surface area contributed by atoms with Gasteiger partial charge in [0.2, 0.25) is 5.91 Å². The van der Waals surface area contributed by atoms with Crippen LogP contribution < -0.4 is 5.73 Å². The molecule has 23 heavy (non-hydrogen) atoms. The number of hydrogen-bond donors (Lipinski definition) is 4. The topological polar surface area (TPSA) is 120 Å². The van der Waals surface area contributed by atoms with E-state index in [0.717, 1.165) is 16.5 Å². The number of para-hydroxylation sites is 1. The zero-order chi connectivity index (χ0) is 16.6. The van der Waals surface area contributed by atoms with Crippen LogP contribution >= 0.6 is 0 Å². The van der Waals surface area contributed by atoms with Crippen molar-refractivity contribution in [3.05, 3.63) is 36.0 Å². The maximum absolute atomic E-state index is 12.5. The van der Waals surface area contributed by atoms with E-state index in [0.29, 0.717) is 6.42 Å². The van der Waals surface area contributed by atoms with Crippen LogP contribution in [0.2, 0.25) is 0 Å². The van der Waals surface area contributed by atoms with E-state index in [9.17, 15) is 19.8 Å². The van der Waals surface area contributed by atoms with Crippen molar-refractivity contribution in [1.29, 1.82) is 0 Å². The summed E-state index contributed by atoms with van der Waals surface area (Å²) in [4.78, 5) is 28.0. The van der Waals surface area contributed by atoms with E-state index < -0.39 is 30.1 Å². The fraction of sp³-hybridized carbons (Fsp3) is 0.375. The molecule has 2 aromatic rings. The van der Waals surface area contributed by atoms with Gasteiger partial charge in [0.1, 0.15) is 6.04 Å².